The third-order valence-electron chi connectivity index (χ3n) is 5.71. The topological polar surface area (TPSA) is 126 Å². The lowest BCUT2D eigenvalue weighted by Gasteiger charge is -2.15. The quantitative estimate of drug-likeness (QED) is 0.274. The number of rotatable bonds is 11. The summed E-state index contributed by atoms with van der Waals surface area (Å²) in [6.07, 6.45) is 5.29. The third-order valence-corrected chi connectivity index (χ3v) is 6.72. The largest absolute Gasteiger partial charge is 0.496 e. The number of nitrogens with zero attached hydrogens (tertiary/aromatic N) is 2. The number of pyridine rings is 1. The van der Waals surface area contributed by atoms with Crippen molar-refractivity contribution in [3.05, 3.63) is 40.5 Å². The fraction of sp³-hybridized carbons (Fsp3) is 0.517. The minimum Gasteiger partial charge on any atom is -0.496 e. The minimum absolute atomic E-state index is 0.0943. The number of fused-ring (bicyclic) bond motifs is 1. The first-order valence-electron chi connectivity index (χ1n) is 13.2. The van der Waals surface area contributed by atoms with Crippen molar-refractivity contribution in [2.24, 2.45) is 17.6 Å². The lowest BCUT2D eigenvalue weighted by Crippen LogP contribution is -2.19. The second-order valence-electron chi connectivity index (χ2n) is 9.00. The van der Waals surface area contributed by atoms with Crippen LogP contribution in [0.3, 0.4) is 0 Å². The number of carbonyl (C=O) groups is 2. The fourth-order valence-corrected chi connectivity index (χ4v) is 5.11. The Kier molecular flexibility index (Phi) is 15.0. The number of benzene rings is 1. The van der Waals surface area contributed by atoms with Crippen LogP contribution in [0.25, 0.3) is 10.2 Å². The molecule has 3 N–H and O–H groups in total. The number of nitrogens with one attached hydrogen (secondary N) is 1. The number of hydrogen-bond donors (Lipinski definition) is 2. The number of thiazole rings is 1. The molecule has 0 aliphatic carbocycles. The van der Waals surface area contributed by atoms with Crippen molar-refractivity contribution in [3.8, 4) is 11.6 Å². The summed E-state index contributed by atoms with van der Waals surface area (Å²) in [5.41, 5.74) is 6.71. The van der Waals surface area contributed by atoms with Gasteiger partial charge >= 0.3 is 0 Å². The van der Waals surface area contributed by atoms with E-state index in [0.29, 0.717) is 21.5 Å². The van der Waals surface area contributed by atoms with Gasteiger partial charge in [-0.15, -0.1) is 11.3 Å². The molecular weight excluding hydrogens is 516 g/mol. The Balaban J connectivity index is 0.000000495. The summed E-state index contributed by atoms with van der Waals surface area (Å²) in [6.45, 7) is 13.6. The highest BCUT2D eigenvalue weighted by Gasteiger charge is 2.21. The molecule has 3 rings (SSSR count). The smallest absolute Gasteiger partial charge is 0.261 e. The van der Waals surface area contributed by atoms with Crippen molar-refractivity contribution >= 4 is 39.1 Å². The molecule has 39 heavy (non-hydrogen) atoms. The number of aryl methyl sites for hydroxylation is 1. The van der Waals surface area contributed by atoms with Gasteiger partial charge in [0.25, 0.3) is 11.8 Å². The van der Waals surface area contributed by atoms with Crippen LogP contribution in [0, 0.1) is 18.8 Å². The molecule has 2 unspecified atom stereocenters. The van der Waals surface area contributed by atoms with E-state index in [1.807, 2.05) is 20.8 Å². The molecule has 1 aromatic carbocycles. The molecular formula is C29H44N4O5S. The SMILES string of the molecule is CC.CCCC(C)CC(C)COC.COc1cc(C(N)=O)c(NC(=O)c2c(OC)ccc3nc(C)sc23)cn1. The van der Waals surface area contributed by atoms with Crippen molar-refractivity contribution in [2.45, 2.75) is 60.8 Å². The van der Waals surface area contributed by atoms with E-state index in [-0.39, 0.29) is 17.1 Å². The van der Waals surface area contributed by atoms with Gasteiger partial charge in [-0.2, -0.15) is 0 Å². The van der Waals surface area contributed by atoms with Crippen molar-refractivity contribution in [1.29, 1.82) is 0 Å². The predicted molar refractivity (Wildman–Crippen MR) is 159 cm³/mol. The maximum absolute atomic E-state index is 12.9. The summed E-state index contributed by atoms with van der Waals surface area (Å²) in [6, 6.07) is 4.84. The number of ether oxygens (including phenoxy) is 3. The zero-order valence-corrected chi connectivity index (χ0v) is 25.5. The van der Waals surface area contributed by atoms with Gasteiger partial charge in [-0.3, -0.25) is 9.59 Å². The normalized spacial score (nSPS) is 11.8. The molecule has 9 nitrogen and oxygen atoms in total. The summed E-state index contributed by atoms with van der Waals surface area (Å²) in [7, 11) is 4.68. The van der Waals surface area contributed by atoms with Crippen LogP contribution in [0.1, 0.15) is 79.6 Å². The van der Waals surface area contributed by atoms with E-state index in [1.54, 1.807) is 19.2 Å². The highest BCUT2D eigenvalue weighted by atomic mass is 32.1. The first-order chi connectivity index (χ1) is 18.6. The second-order valence-corrected chi connectivity index (χ2v) is 10.2. The standard InChI is InChI=1S/C17H16N4O4S.C10H22O.C2H6/c1-8-20-10-4-5-12(24-2)14(15(10)26-8)17(23)21-11-7-19-13(25-3)6-9(11)16(18)22;1-5-6-9(2)7-10(3)8-11-4;1-2/h4-7H,1-3H3,(H2,18,22)(H,21,23);9-10H,5-8H2,1-4H3;1-2H3. The zero-order valence-electron chi connectivity index (χ0n) is 24.7. The van der Waals surface area contributed by atoms with Gasteiger partial charge in [-0.25, -0.2) is 9.97 Å². The summed E-state index contributed by atoms with van der Waals surface area (Å²) in [4.78, 5) is 33.0. The van der Waals surface area contributed by atoms with Crippen molar-refractivity contribution in [1.82, 2.24) is 9.97 Å². The van der Waals surface area contributed by atoms with Gasteiger partial charge in [-0.05, 0) is 37.3 Å². The predicted octanol–water partition coefficient (Wildman–Crippen LogP) is 6.49. The maximum atomic E-state index is 12.9. The van der Waals surface area contributed by atoms with Gasteiger partial charge in [0.15, 0.2) is 0 Å². The molecule has 216 valence electrons. The summed E-state index contributed by atoms with van der Waals surface area (Å²) >= 11 is 1.38. The highest BCUT2D eigenvalue weighted by molar-refractivity contribution is 7.19. The molecule has 0 spiro atoms. The average molecular weight is 561 g/mol. The Bertz CT molecular complexity index is 1190. The lowest BCUT2D eigenvalue weighted by atomic mass is 9.94. The fourth-order valence-electron chi connectivity index (χ4n) is 4.16. The van der Waals surface area contributed by atoms with E-state index in [1.165, 1.54) is 57.1 Å². The molecule has 2 aromatic heterocycles. The van der Waals surface area contributed by atoms with Gasteiger partial charge in [0, 0.05) is 19.8 Å². The Labute approximate surface area is 236 Å². The molecule has 0 aliphatic rings. The number of nitrogens with two attached hydrogens (primary N) is 1. The maximum Gasteiger partial charge on any atom is 0.261 e. The van der Waals surface area contributed by atoms with Crippen LogP contribution < -0.4 is 20.5 Å². The van der Waals surface area contributed by atoms with Crippen LogP contribution in [-0.4, -0.2) is 49.7 Å². The number of carbonyl (C=O) groups excluding carboxylic acids is 2. The molecule has 10 heteroatoms. The molecule has 0 saturated heterocycles. The second kappa shape index (κ2) is 17.4. The van der Waals surface area contributed by atoms with Crippen LogP contribution >= 0.6 is 11.3 Å². The molecule has 3 aromatic rings. The number of amides is 2. The minimum atomic E-state index is -0.709. The molecule has 0 fully saturated rings. The number of primary amides is 1. The summed E-state index contributed by atoms with van der Waals surface area (Å²) in [5, 5.41) is 3.50. The van der Waals surface area contributed by atoms with Gasteiger partial charge in [0.1, 0.15) is 11.3 Å². The van der Waals surface area contributed by atoms with Crippen molar-refractivity contribution < 1.29 is 23.8 Å². The van der Waals surface area contributed by atoms with E-state index in [4.69, 9.17) is 19.9 Å². The Morgan fingerprint density at radius 1 is 1.10 bits per heavy atom. The molecule has 0 bridgehead atoms. The van der Waals surface area contributed by atoms with E-state index in [9.17, 15) is 9.59 Å². The molecule has 0 radical (unpaired) electrons. The monoisotopic (exact) mass is 560 g/mol. The van der Waals surface area contributed by atoms with Gasteiger partial charge in [0.2, 0.25) is 5.88 Å². The third kappa shape index (κ3) is 10.1. The molecule has 0 aliphatic heterocycles. The van der Waals surface area contributed by atoms with Crippen LogP contribution in [-0.2, 0) is 4.74 Å². The number of anilines is 1. The molecule has 2 atom stereocenters. The molecule has 2 heterocycles. The van der Waals surface area contributed by atoms with Crippen LogP contribution in [0.4, 0.5) is 5.69 Å². The Hall–Kier alpha value is -3.24. The van der Waals surface area contributed by atoms with E-state index >= 15 is 0 Å². The van der Waals surface area contributed by atoms with Gasteiger partial charge < -0.3 is 25.3 Å². The number of hydrogen-bond acceptors (Lipinski definition) is 8. The lowest BCUT2D eigenvalue weighted by molar-refractivity contribution is 0.100. The highest BCUT2D eigenvalue weighted by Crippen LogP contribution is 2.33. The van der Waals surface area contributed by atoms with Crippen molar-refractivity contribution in [3.63, 3.8) is 0 Å². The first kappa shape index (κ1) is 33.8. The zero-order chi connectivity index (χ0) is 29.5. The average Bonchev–Trinajstić information content (AvgIpc) is 3.29. The molecule has 2 amide bonds. The van der Waals surface area contributed by atoms with E-state index in [2.05, 4.69) is 36.1 Å². The van der Waals surface area contributed by atoms with Crippen LogP contribution in [0.5, 0.6) is 11.6 Å². The van der Waals surface area contributed by atoms with Gasteiger partial charge in [-0.1, -0.05) is 47.5 Å². The van der Waals surface area contributed by atoms with E-state index in [0.717, 1.165) is 23.5 Å². The molecule has 0 saturated carbocycles. The first-order valence-corrected chi connectivity index (χ1v) is 14.0. The Morgan fingerprint density at radius 3 is 2.36 bits per heavy atom. The van der Waals surface area contributed by atoms with Gasteiger partial charge in [0.05, 0.1) is 46.9 Å². The van der Waals surface area contributed by atoms with Crippen LogP contribution in [0.2, 0.25) is 0 Å². The number of aromatic nitrogens is 2. The van der Waals surface area contributed by atoms with Crippen LogP contribution in [0.15, 0.2) is 24.4 Å². The number of methoxy groups -OCH3 is 3. The van der Waals surface area contributed by atoms with Crippen molar-refractivity contribution in [2.75, 3.05) is 33.3 Å². The summed E-state index contributed by atoms with van der Waals surface area (Å²) in [5.74, 6) is 1.05. The Morgan fingerprint density at radius 2 is 1.79 bits per heavy atom. The van der Waals surface area contributed by atoms with E-state index < -0.39 is 11.8 Å². The summed E-state index contributed by atoms with van der Waals surface area (Å²) < 4.78 is 16.1.